The second-order valence-electron chi connectivity index (χ2n) is 6.75. The lowest BCUT2D eigenvalue weighted by atomic mass is 10.2. The average Bonchev–Trinajstić information content (AvgIpc) is 3.18. The number of halogens is 1. The minimum absolute atomic E-state index is 0.0308. The van der Waals surface area contributed by atoms with Crippen LogP contribution in [-0.2, 0) is 0 Å². The summed E-state index contributed by atoms with van der Waals surface area (Å²) in [6, 6.07) is 13.7. The van der Waals surface area contributed by atoms with Crippen molar-refractivity contribution in [3.05, 3.63) is 69.4 Å². The van der Waals surface area contributed by atoms with E-state index in [2.05, 4.69) is 5.32 Å². The molecule has 0 radical (unpaired) electrons. The third kappa shape index (κ3) is 3.94. The van der Waals surface area contributed by atoms with E-state index in [1.807, 2.05) is 28.0 Å². The molecule has 3 aromatic rings. The number of nitrogens with one attached hydrogen (secondary N) is 1. The van der Waals surface area contributed by atoms with Crippen molar-refractivity contribution < 1.29 is 14.1 Å². The number of para-hydroxylation sites is 2. The number of hydrogen-bond acceptors (Lipinski definition) is 6. The van der Waals surface area contributed by atoms with E-state index < -0.39 is 10.8 Å². The molecular weight excluding hydrogens is 428 g/mol. The molecule has 154 valence electrons. The topological polar surface area (TPSA) is 91.9 Å². The van der Waals surface area contributed by atoms with Crippen molar-refractivity contribution in [3.8, 4) is 0 Å². The van der Waals surface area contributed by atoms with E-state index in [4.69, 9.17) is 28.2 Å². The fourth-order valence-electron chi connectivity index (χ4n) is 3.43. The van der Waals surface area contributed by atoms with Crippen LogP contribution in [0.2, 0.25) is 5.02 Å². The van der Waals surface area contributed by atoms with Gasteiger partial charge in [-0.3, -0.25) is 20.2 Å². The second-order valence-corrected chi connectivity index (χ2v) is 7.54. The summed E-state index contributed by atoms with van der Waals surface area (Å²) >= 11 is 11.6. The molecule has 0 atom stereocenters. The molecule has 0 unspecified atom stereocenters. The molecule has 0 spiro atoms. The van der Waals surface area contributed by atoms with E-state index in [0.29, 0.717) is 42.5 Å². The molecule has 0 aliphatic carbocycles. The summed E-state index contributed by atoms with van der Waals surface area (Å²) in [5.41, 5.74) is 1.00. The molecule has 30 heavy (non-hydrogen) atoms. The number of hydrogen-bond donors (Lipinski definition) is 1. The first-order chi connectivity index (χ1) is 14.4. The number of carbonyl (C=O) groups excluding carboxylic acids is 1. The van der Waals surface area contributed by atoms with Gasteiger partial charge in [0.15, 0.2) is 10.9 Å². The zero-order valence-electron chi connectivity index (χ0n) is 15.7. The predicted octanol–water partition coefficient (Wildman–Crippen LogP) is 3.83. The summed E-state index contributed by atoms with van der Waals surface area (Å²) in [7, 11) is 0. The maximum Gasteiger partial charge on any atom is 0.294 e. The molecule has 10 heteroatoms. The van der Waals surface area contributed by atoms with Crippen LogP contribution in [-0.4, -0.2) is 47.0 Å². The number of nitro groups is 1. The number of rotatable bonds is 3. The fraction of sp³-hybridized carbons (Fsp3) is 0.200. The molecule has 1 saturated heterocycles. The molecule has 4 rings (SSSR count). The van der Waals surface area contributed by atoms with Gasteiger partial charge in [-0.05, 0) is 30.4 Å². The Labute approximate surface area is 182 Å². The molecular formula is C20H17ClN4O4S. The average molecular weight is 445 g/mol. The number of thiocarbonyl (C=S) groups is 1. The summed E-state index contributed by atoms with van der Waals surface area (Å²) in [6.07, 6.45) is 0. The molecule has 2 heterocycles. The zero-order valence-corrected chi connectivity index (χ0v) is 17.3. The standard InChI is InChI=1S/C20H17ClN4O4S/c21-14-5-3-6-15(25(27)28)18(14)23-8-10-24(11-9-23)20(30)22-19(26)17-12-13-4-1-2-7-16(13)29-17/h1-7,12H,8-11H2,(H,22,26,30). The van der Waals surface area contributed by atoms with Crippen LogP contribution in [0.25, 0.3) is 11.0 Å². The normalized spacial score (nSPS) is 14.0. The highest BCUT2D eigenvalue weighted by molar-refractivity contribution is 7.80. The van der Waals surface area contributed by atoms with E-state index in [1.165, 1.54) is 6.07 Å². The Kier molecular flexibility index (Phi) is 5.56. The first-order valence-corrected chi connectivity index (χ1v) is 9.99. The summed E-state index contributed by atoms with van der Waals surface area (Å²) in [5, 5.41) is 15.5. The van der Waals surface area contributed by atoms with Crippen LogP contribution in [0.4, 0.5) is 11.4 Å². The van der Waals surface area contributed by atoms with Crippen molar-refractivity contribution >= 4 is 57.2 Å². The van der Waals surface area contributed by atoms with Gasteiger partial charge in [0.1, 0.15) is 11.3 Å². The zero-order chi connectivity index (χ0) is 21.3. The highest BCUT2D eigenvalue weighted by atomic mass is 35.5. The Morgan fingerprint density at radius 1 is 1.13 bits per heavy atom. The monoisotopic (exact) mass is 444 g/mol. The molecule has 1 fully saturated rings. The van der Waals surface area contributed by atoms with Crippen LogP contribution < -0.4 is 10.2 Å². The van der Waals surface area contributed by atoms with Crippen molar-refractivity contribution in [2.45, 2.75) is 0 Å². The summed E-state index contributed by atoms with van der Waals surface area (Å²) < 4.78 is 5.56. The van der Waals surface area contributed by atoms with Crippen molar-refractivity contribution in [2.24, 2.45) is 0 Å². The van der Waals surface area contributed by atoms with Crippen molar-refractivity contribution in [2.75, 3.05) is 31.1 Å². The number of furan rings is 1. The number of piperazine rings is 1. The third-order valence-corrected chi connectivity index (χ3v) is 5.58. The number of carbonyl (C=O) groups is 1. The molecule has 1 aromatic heterocycles. The molecule has 0 saturated carbocycles. The number of fused-ring (bicyclic) bond motifs is 1. The molecule has 1 amide bonds. The molecule has 1 aliphatic heterocycles. The van der Waals surface area contributed by atoms with Crippen molar-refractivity contribution in [1.29, 1.82) is 0 Å². The SMILES string of the molecule is O=C(NC(=S)N1CCN(c2c(Cl)cccc2[N+](=O)[O-])CC1)c1cc2ccccc2o1. The van der Waals surface area contributed by atoms with Gasteiger partial charge in [-0.25, -0.2) is 0 Å². The van der Waals surface area contributed by atoms with Crippen LogP contribution in [0.5, 0.6) is 0 Å². The van der Waals surface area contributed by atoms with Gasteiger partial charge in [0, 0.05) is 37.6 Å². The summed E-state index contributed by atoms with van der Waals surface area (Å²) in [4.78, 5) is 27.1. The van der Waals surface area contributed by atoms with Gasteiger partial charge in [-0.2, -0.15) is 0 Å². The first kappa shape index (κ1) is 20.1. The number of nitrogens with zero attached hydrogens (tertiary/aromatic N) is 3. The van der Waals surface area contributed by atoms with Gasteiger partial charge in [-0.1, -0.05) is 35.9 Å². The van der Waals surface area contributed by atoms with E-state index in [0.717, 1.165) is 5.39 Å². The number of nitro benzene ring substituents is 1. The summed E-state index contributed by atoms with van der Waals surface area (Å²) in [6.45, 7) is 1.93. The maximum atomic E-state index is 12.5. The molecule has 1 N–H and O–H groups in total. The van der Waals surface area contributed by atoms with E-state index in [9.17, 15) is 14.9 Å². The first-order valence-electron chi connectivity index (χ1n) is 9.21. The van der Waals surface area contributed by atoms with E-state index in [-0.39, 0.29) is 16.6 Å². The lowest BCUT2D eigenvalue weighted by Gasteiger charge is -2.37. The minimum Gasteiger partial charge on any atom is -0.451 e. The van der Waals surface area contributed by atoms with Gasteiger partial charge in [0.05, 0.1) is 9.95 Å². The lowest BCUT2D eigenvalue weighted by molar-refractivity contribution is -0.384. The number of amides is 1. The quantitative estimate of drug-likeness (QED) is 0.373. The Hall–Kier alpha value is -3.17. The van der Waals surface area contributed by atoms with Crippen molar-refractivity contribution in [3.63, 3.8) is 0 Å². The van der Waals surface area contributed by atoms with Gasteiger partial charge < -0.3 is 14.2 Å². The van der Waals surface area contributed by atoms with Gasteiger partial charge in [0.2, 0.25) is 0 Å². The lowest BCUT2D eigenvalue weighted by Crippen LogP contribution is -2.52. The fourth-order valence-corrected chi connectivity index (χ4v) is 3.99. The van der Waals surface area contributed by atoms with Gasteiger partial charge in [0.25, 0.3) is 11.6 Å². The largest absolute Gasteiger partial charge is 0.451 e. The third-order valence-electron chi connectivity index (χ3n) is 4.92. The van der Waals surface area contributed by atoms with Crippen LogP contribution in [0.1, 0.15) is 10.6 Å². The molecule has 2 aromatic carbocycles. The molecule has 8 nitrogen and oxygen atoms in total. The summed E-state index contributed by atoms with van der Waals surface area (Å²) in [5.74, 6) is -0.232. The highest BCUT2D eigenvalue weighted by Crippen LogP contribution is 2.35. The Morgan fingerprint density at radius 3 is 2.57 bits per heavy atom. The number of anilines is 1. The number of benzene rings is 2. The van der Waals surface area contributed by atoms with Crippen molar-refractivity contribution in [1.82, 2.24) is 10.2 Å². The predicted molar refractivity (Wildman–Crippen MR) is 118 cm³/mol. The maximum absolute atomic E-state index is 12.5. The van der Waals surface area contributed by atoms with Crippen LogP contribution in [0.3, 0.4) is 0 Å². The smallest absolute Gasteiger partial charge is 0.294 e. The van der Waals surface area contributed by atoms with Crippen LogP contribution in [0.15, 0.2) is 52.9 Å². The Bertz CT molecular complexity index is 1110. The van der Waals surface area contributed by atoms with Gasteiger partial charge >= 0.3 is 0 Å². The van der Waals surface area contributed by atoms with Crippen LogP contribution >= 0.6 is 23.8 Å². The highest BCUT2D eigenvalue weighted by Gasteiger charge is 2.27. The van der Waals surface area contributed by atoms with Crippen LogP contribution in [0, 0.1) is 10.1 Å². The minimum atomic E-state index is -0.439. The van der Waals surface area contributed by atoms with E-state index in [1.54, 1.807) is 24.3 Å². The second kappa shape index (κ2) is 8.29. The molecule has 1 aliphatic rings. The molecule has 0 bridgehead atoms. The van der Waals surface area contributed by atoms with Gasteiger partial charge in [-0.15, -0.1) is 0 Å². The Balaban J connectivity index is 1.40. The van der Waals surface area contributed by atoms with E-state index >= 15 is 0 Å². The Morgan fingerprint density at radius 2 is 1.87 bits per heavy atom.